The second-order valence-corrected chi connectivity index (χ2v) is 6.99. The number of hydrogen-bond acceptors (Lipinski definition) is 3. The van der Waals surface area contributed by atoms with Crippen LogP contribution in [0.5, 0.6) is 5.75 Å². The summed E-state index contributed by atoms with van der Waals surface area (Å²) in [6.45, 7) is 3.04. The number of fused-ring (bicyclic) bond motifs is 1. The molecule has 138 valence electrons. The molecule has 1 aliphatic rings. The maximum absolute atomic E-state index is 13.1. The highest BCUT2D eigenvalue weighted by atomic mass is 16.3. The first kappa shape index (κ1) is 17.3. The lowest BCUT2D eigenvalue weighted by molar-refractivity contribution is -0.121. The number of anilines is 1. The van der Waals surface area contributed by atoms with Gasteiger partial charge in [-0.3, -0.25) is 9.59 Å². The van der Waals surface area contributed by atoms with Crippen LogP contribution in [0.1, 0.15) is 37.7 Å². The van der Waals surface area contributed by atoms with Crippen LogP contribution >= 0.6 is 0 Å². The number of para-hydroxylation sites is 1. The lowest BCUT2D eigenvalue weighted by Gasteiger charge is -2.15. The molecule has 1 N–H and O–H groups in total. The fourth-order valence-electron chi connectivity index (χ4n) is 3.84. The summed E-state index contributed by atoms with van der Waals surface area (Å²) in [4.78, 5) is 26.9. The summed E-state index contributed by atoms with van der Waals surface area (Å²) in [5, 5.41) is 10.7. The number of aromatic hydroxyl groups is 1. The summed E-state index contributed by atoms with van der Waals surface area (Å²) in [5.74, 6) is -0.926. The zero-order valence-corrected chi connectivity index (χ0v) is 15.3. The second kappa shape index (κ2) is 6.91. The maximum Gasteiger partial charge on any atom is 0.241 e. The molecule has 2 heterocycles. The maximum atomic E-state index is 13.1. The number of unbranched alkanes of at least 4 members (excludes halogenated alkanes) is 1. The molecule has 1 saturated heterocycles. The first-order valence-electron chi connectivity index (χ1n) is 9.33. The fourth-order valence-corrected chi connectivity index (χ4v) is 3.84. The highest BCUT2D eigenvalue weighted by molar-refractivity contribution is 6.23. The molecule has 2 amide bonds. The van der Waals surface area contributed by atoms with E-state index in [2.05, 4.69) is 17.6 Å². The molecular weight excluding hydrogens is 340 g/mol. The quantitative estimate of drug-likeness (QED) is 0.692. The van der Waals surface area contributed by atoms with Crippen molar-refractivity contribution < 1.29 is 14.7 Å². The van der Waals surface area contributed by atoms with Crippen molar-refractivity contribution >= 4 is 28.4 Å². The third-order valence-electron chi connectivity index (χ3n) is 5.18. The molecule has 2 aromatic carbocycles. The van der Waals surface area contributed by atoms with Gasteiger partial charge in [0.15, 0.2) is 0 Å². The molecule has 5 heteroatoms. The van der Waals surface area contributed by atoms with E-state index in [1.54, 1.807) is 12.1 Å². The number of benzene rings is 2. The van der Waals surface area contributed by atoms with Crippen molar-refractivity contribution in [2.45, 2.75) is 38.6 Å². The van der Waals surface area contributed by atoms with E-state index in [9.17, 15) is 14.7 Å². The van der Waals surface area contributed by atoms with E-state index in [0.29, 0.717) is 5.69 Å². The molecule has 0 saturated carbocycles. The fraction of sp³-hybridized carbons (Fsp3) is 0.273. The Hall–Kier alpha value is -3.08. The molecule has 0 radical (unpaired) electrons. The zero-order valence-electron chi connectivity index (χ0n) is 15.3. The molecule has 5 nitrogen and oxygen atoms in total. The van der Waals surface area contributed by atoms with E-state index >= 15 is 0 Å². The number of aryl methyl sites for hydroxylation is 1. The molecule has 1 fully saturated rings. The van der Waals surface area contributed by atoms with Gasteiger partial charge < -0.3 is 9.67 Å². The zero-order chi connectivity index (χ0) is 19.0. The van der Waals surface area contributed by atoms with Crippen LogP contribution in [0.2, 0.25) is 0 Å². The monoisotopic (exact) mass is 362 g/mol. The smallest absolute Gasteiger partial charge is 0.241 e. The third kappa shape index (κ3) is 2.99. The Morgan fingerprint density at radius 1 is 1.11 bits per heavy atom. The van der Waals surface area contributed by atoms with Crippen molar-refractivity contribution in [3.8, 4) is 5.75 Å². The van der Waals surface area contributed by atoms with Crippen LogP contribution in [-0.2, 0) is 16.1 Å². The van der Waals surface area contributed by atoms with Gasteiger partial charge in [0.05, 0.1) is 11.6 Å². The van der Waals surface area contributed by atoms with E-state index in [4.69, 9.17) is 0 Å². The number of phenolic OH excluding ortho intramolecular Hbond substituents is 1. The van der Waals surface area contributed by atoms with Gasteiger partial charge in [0.25, 0.3) is 0 Å². The normalized spacial score (nSPS) is 17.2. The number of amides is 2. The molecule has 27 heavy (non-hydrogen) atoms. The van der Waals surface area contributed by atoms with Gasteiger partial charge in [-0.05, 0) is 30.2 Å². The van der Waals surface area contributed by atoms with Gasteiger partial charge in [-0.25, -0.2) is 4.90 Å². The van der Waals surface area contributed by atoms with E-state index in [1.807, 2.05) is 24.4 Å². The number of hydrogen-bond donors (Lipinski definition) is 1. The summed E-state index contributed by atoms with van der Waals surface area (Å²) in [5.41, 5.74) is 2.42. The highest BCUT2D eigenvalue weighted by Crippen LogP contribution is 2.38. The van der Waals surface area contributed by atoms with Crippen LogP contribution in [0.3, 0.4) is 0 Å². The molecule has 0 spiro atoms. The van der Waals surface area contributed by atoms with Crippen molar-refractivity contribution in [3.63, 3.8) is 0 Å². The Kier molecular flexibility index (Phi) is 4.44. The Balaban J connectivity index is 1.74. The third-order valence-corrected chi connectivity index (χ3v) is 5.18. The van der Waals surface area contributed by atoms with Gasteiger partial charge in [-0.2, -0.15) is 0 Å². The average Bonchev–Trinajstić information content (AvgIpc) is 3.17. The van der Waals surface area contributed by atoms with Crippen LogP contribution < -0.4 is 4.90 Å². The molecule has 3 aromatic rings. The molecule has 1 aromatic heterocycles. The van der Waals surface area contributed by atoms with Crippen LogP contribution in [0.25, 0.3) is 10.9 Å². The second-order valence-electron chi connectivity index (χ2n) is 6.99. The highest BCUT2D eigenvalue weighted by Gasteiger charge is 2.41. The van der Waals surface area contributed by atoms with E-state index < -0.39 is 5.92 Å². The molecule has 0 bridgehead atoms. The Morgan fingerprint density at radius 2 is 1.93 bits per heavy atom. The van der Waals surface area contributed by atoms with Gasteiger partial charge in [0, 0.05) is 36.1 Å². The number of nitrogens with zero attached hydrogens (tertiary/aromatic N) is 2. The van der Waals surface area contributed by atoms with Gasteiger partial charge in [0.2, 0.25) is 11.8 Å². The standard InChI is InChI=1S/C22H22N2O3/c1-2-3-11-23-14-19(17-9-4-5-10-20(17)23)18-13-21(26)24(22(18)27)15-7-6-8-16(25)12-15/h4-10,12,14,18,25H,2-3,11,13H2,1H3/t18-/m0/s1. The molecule has 4 rings (SSSR count). The predicted octanol–water partition coefficient (Wildman–Crippen LogP) is 4.19. The molecule has 1 aliphatic heterocycles. The first-order chi connectivity index (χ1) is 13.1. The predicted molar refractivity (Wildman–Crippen MR) is 105 cm³/mol. The van der Waals surface area contributed by atoms with Crippen LogP contribution in [0, 0.1) is 0 Å². The topological polar surface area (TPSA) is 62.5 Å². The van der Waals surface area contributed by atoms with Gasteiger partial charge >= 0.3 is 0 Å². The van der Waals surface area contributed by atoms with E-state index in [0.717, 1.165) is 35.9 Å². The van der Waals surface area contributed by atoms with Crippen LogP contribution in [0.15, 0.2) is 54.7 Å². The van der Waals surface area contributed by atoms with Crippen molar-refractivity contribution in [1.82, 2.24) is 4.57 Å². The molecular formula is C22H22N2O3. The minimum absolute atomic E-state index is 0.0349. The summed E-state index contributed by atoms with van der Waals surface area (Å²) in [6, 6.07) is 14.3. The average molecular weight is 362 g/mol. The largest absolute Gasteiger partial charge is 0.508 e. The number of carbonyl (C=O) groups is 2. The summed E-state index contributed by atoms with van der Waals surface area (Å²) in [6.07, 6.45) is 4.33. The number of imide groups is 1. The molecule has 0 aliphatic carbocycles. The Labute approximate surface area is 157 Å². The van der Waals surface area contributed by atoms with Crippen LogP contribution in [0.4, 0.5) is 5.69 Å². The van der Waals surface area contributed by atoms with Gasteiger partial charge in [0.1, 0.15) is 5.75 Å². The number of phenols is 1. The minimum Gasteiger partial charge on any atom is -0.508 e. The van der Waals surface area contributed by atoms with Gasteiger partial charge in [-0.15, -0.1) is 0 Å². The SMILES string of the molecule is CCCCn1cc([C@@H]2CC(=O)N(c3cccc(O)c3)C2=O)c2ccccc21. The van der Waals surface area contributed by atoms with Crippen LogP contribution in [-0.4, -0.2) is 21.5 Å². The van der Waals surface area contributed by atoms with Gasteiger partial charge in [-0.1, -0.05) is 37.6 Å². The minimum atomic E-state index is -0.493. The van der Waals surface area contributed by atoms with E-state index in [1.165, 1.54) is 17.0 Å². The first-order valence-corrected chi connectivity index (χ1v) is 9.33. The van der Waals surface area contributed by atoms with Crippen molar-refractivity contribution in [2.24, 2.45) is 0 Å². The lowest BCUT2D eigenvalue weighted by atomic mass is 9.97. The van der Waals surface area contributed by atoms with Crippen molar-refractivity contribution in [1.29, 1.82) is 0 Å². The molecule has 0 unspecified atom stereocenters. The van der Waals surface area contributed by atoms with E-state index in [-0.39, 0.29) is 24.0 Å². The Bertz CT molecular complexity index is 1020. The Morgan fingerprint density at radius 3 is 2.70 bits per heavy atom. The molecule has 1 atom stereocenters. The number of aromatic nitrogens is 1. The summed E-state index contributed by atoms with van der Waals surface area (Å²) >= 11 is 0. The lowest BCUT2D eigenvalue weighted by Crippen LogP contribution is -2.29. The number of rotatable bonds is 5. The number of carbonyl (C=O) groups excluding carboxylic acids is 2. The summed E-state index contributed by atoms with van der Waals surface area (Å²) in [7, 11) is 0. The van der Waals surface area contributed by atoms with Crippen molar-refractivity contribution in [3.05, 3.63) is 60.3 Å². The summed E-state index contributed by atoms with van der Waals surface area (Å²) < 4.78 is 2.18. The van der Waals surface area contributed by atoms with Crippen molar-refractivity contribution in [2.75, 3.05) is 4.90 Å².